The highest BCUT2D eigenvalue weighted by atomic mass is 19.1. The van der Waals surface area contributed by atoms with Gasteiger partial charge in [0.15, 0.2) is 0 Å². The summed E-state index contributed by atoms with van der Waals surface area (Å²) in [4.78, 5) is 11.6. The summed E-state index contributed by atoms with van der Waals surface area (Å²) in [6.07, 6.45) is 0. The molecular formula is C13H17FO2. The van der Waals surface area contributed by atoms with Crippen LogP contribution in [0.1, 0.15) is 30.9 Å². The van der Waals surface area contributed by atoms with E-state index in [-0.39, 0.29) is 17.7 Å². The number of hydrogen-bond donors (Lipinski definition) is 0. The van der Waals surface area contributed by atoms with E-state index in [1.165, 1.54) is 13.2 Å². The normalized spacial score (nSPS) is 12.6. The molecule has 16 heavy (non-hydrogen) atoms. The maximum absolute atomic E-state index is 13.7. The fourth-order valence-corrected chi connectivity index (χ4v) is 1.79. The van der Waals surface area contributed by atoms with Crippen LogP contribution in [0.3, 0.4) is 0 Å². The van der Waals surface area contributed by atoms with Crippen molar-refractivity contribution in [1.29, 1.82) is 0 Å². The molecule has 0 aromatic heterocycles. The van der Waals surface area contributed by atoms with Gasteiger partial charge < -0.3 is 4.74 Å². The van der Waals surface area contributed by atoms with Gasteiger partial charge in [-0.25, -0.2) is 4.39 Å². The average Bonchev–Trinajstić information content (AvgIpc) is 2.22. The van der Waals surface area contributed by atoms with Crippen LogP contribution in [0, 0.1) is 18.7 Å². The first kappa shape index (κ1) is 12.7. The number of rotatable bonds is 3. The van der Waals surface area contributed by atoms with Gasteiger partial charge in [-0.1, -0.05) is 31.5 Å². The van der Waals surface area contributed by atoms with Gasteiger partial charge in [0, 0.05) is 5.56 Å². The molecule has 0 amide bonds. The van der Waals surface area contributed by atoms with Crippen molar-refractivity contribution in [3.63, 3.8) is 0 Å². The number of benzene rings is 1. The van der Waals surface area contributed by atoms with Crippen LogP contribution in [0.15, 0.2) is 18.2 Å². The van der Waals surface area contributed by atoms with Crippen LogP contribution in [0.25, 0.3) is 0 Å². The van der Waals surface area contributed by atoms with Crippen molar-refractivity contribution in [2.75, 3.05) is 7.11 Å². The van der Waals surface area contributed by atoms with Crippen molar-refractivity contribution in [3.8, 4) is 0 Å². The number of ether oxygens (including phenoxy) is 1. The van der Waals surface area contributed by atoms with Gasteiger partial charge >= 0.3 is 5.97 Å². The molecule has 1 aromatic carbocycles. The SMILES string of the molecule is COC(=O)C(c1cc(C)ccc1F)C(C)C. The first-order valence-corrected chi connectivity index (χ1v) is 5.31. The zero-order chi connectivity index (χ0) is 12.3. The zero-order valence-electron chi connectivity index (χ0n) is 10.1. The summed E-state index contributed by atoms with van der Waals surface area (Å²) in [7, 11) is 1.32. The van der Waals surface area contributed by atoms with E-state index >= 15 is 0 Å². The Labute approximate surface area is 95.4 Å². The molecular weight excluding hydrogens is 207 g/mol. The third kappa shape index (κ3) is 2.60. The summed E-state index contributed by atoms with van der Waals surface area (Å²) in [5.41, 5.74) is 1.35. The highest BCUT2D eigenvalue weighted by Gasteiger charge is 2.27. The molecule has 1 unspecified atom stereocenters. The molecule has 88 valence electrons. The van der Waals surface area contributed by atoms with E-state index in [2.05, 4.69) is 0 Å². The summed E-state index contributed by atoms with van der Waals surface area (Å²) >= 11 is 0. The molecule has 0 aliphatic heterocycles. The Hall–Kier alpha value is -1.38. The molecule has 0 saturated carbocycles. The Balaban J connectivity index is 3.20. The molecule has 0 N–H and O–H groups in total. The third-order valence-electron chi connectivity index (χ3n) is 2.61. The second-order valence-corrected chi connectivity index (χ2v) is 4.27. The number of aryl methyl sites for hydroxylation is 1. The van der Waals surface area contributed by atoms with Gasteiger partial charge in [-0.2, -0.15) is 0 Å². The van der Waals surface area contributed by atoms with Gasteiger partial charge in [0.2, 0.25) is 0 Å². The molecule has 0 heterocycles. The first-order valence-electron chi connectivity index (χ1n) is 5.31. The summed E-state index contributed by atoms with van der Waals surface area (Å²) in [6.45, 7) is 5.63. The Bertz CT molecular complexity index is 386. The number of halogens is 1. The average molecular weight is 224 g/mol. The molecule has 0 spiro atoms. The smallest absolute Gasteiger partial charge is 0.313 e. The lowest BCUT2D eigenvalue weighted by Gasteiger charge is -2.19. The van der Waals surface area contributed by atoms with Crippen molar-refractivity contribution in [2.24, 2.45) is 5.92 Å². The number of carbonyl (C=O) groups is 1. The fourth-order valence-electron chi connectivity index (χ4n) is 1.79. The lowest BCUT2D eigenvalue weighted by Crippen LogP contribution is -2.20. The Kier molecular flexibility index (Phi) is 4.05. The van der Waals surface area contributed by atoms with Gasteiger partial charge in [-0.15, -0.1) is 0 Å². The van der Waals surface area contributed by atoms with E-state index in [0.717, 1.165) is 5.56 Å². The Morgan fingerprint density at radius 1 is 1.38 bits per heavy atom. The van der Waals surface area contributed by atoms with Gasteiger partial charge in [0.05, 0.1) is 13.0 Å². The summed E-state index contributed by atoms with van der Waals surface area (Å²) in [6, 6.07) is 4.79. The highest BCUT2D eigenvalue weighted by Crippen LogP contribution is 2.28. The molecule has 3 heteroatoms. The van der Waals surface area contributed by atoms with Crippen molar-refractivity contribution < 1.29 is 13.9 Å². The fraction of sp³-hybridized carbons (Fsp3) is 0.462. The number of carbonyl (C=O) groups excluding carboxylic acids is 1. The van der Waals surface area contributed by atoms with Crippen molar-refractivity contribution in [1.82, 2.24) is 0 Å². The van der Waals surface area contributed by atoms with Crippen molar-refractivity contribution >= 4 is 5.97 Å². The highest BCUT2D eigenvalue weighted by molar-refractivity contribution is 5.78. The van der Waals surface area contributed by atoms with Crippen LogP contribution >= 0.6 is 0 Å². The van der Waals surface area contributed by atoms with E-state index in [1.54, 1.807) is 12.1 Å². The monoisotopic (exact) mass is 224 g/mol. The van der Waals surface area contributed by atoms with Crippen LogP contribution < -0.4 is 0 Å². The second kappa shape index (κ2) is 5.10. The molecule has 0 aliphatic carbocycles. The standard InChI is InChI=1S/C13H17FO2/c1-8(2)12(13(15)16-4)10-7-9(3)5-6-11(10)14/h5-8,12H,1-4H3. The maximum atomic E-state index is 13.7. The summed E-state index contributed by atoms with van der Waals surface area (Å²) in [5.74, 6) is -1.28. The van der Waals surface area contributed by atoms with Gasteiger partial charge in [-0.3, -0.25) is 4.79 Å². The van der Waals surface area contributed by atoms with Crippen molar-refractivity contribution in [3.05, 3.63) is 35.1 Å². The maximum Gasteiger partial charge on any atom is 0.313 e. The first-order chi connectivity index (χ1) is 7.47. The molecule has 1 atom stereocenters. The van der Waals surface area contributed by atoms with Crippen LogP contribution in [0.4, 0.5) is 4.39 Å². The van der Waals surface area contributed by atoms with Crippen LogP contribution in [0.2, 0.25) is 0 Å². The molecule has 0 fully saturated rings. The lowest BCUT2D eigenvalue weighted by molar-refractivity contribution is -0.143. The molecule has 1 aromatic rings. The molecule has 0 bridgehead atoms. The zero-order valence-corrected chi connectivity index (χ0v) is 10.1. The molecule has 0 aliphatic rings. The largest absolute Gasteiger partial charge is 0.469 e. The van der Waals surface area contributed by atoms with Crippen LogP contribution in [0.5, 0.6) is 0 Å². The summed E-state index contributed by atoms with van der Waals surface area (Å²) < 4.78 is 18.4. The minimum absolute atomic E-state index is 0.00347. The lowest BCUT2D eigenvalue weighted by atomic mass is 9.87. The van der Waals surface area contributed by atoms with Gasteiger partial charge in [0.1, 0.15) is 5.82 Å². The molecule has 1 rings (SSSR count). The number of methoxy groups -OCH3 is 1. The van der Waals surface area contributed by atoms with Crippen molar-refractivity contribution in [2.45, 2.75) is 26.7 Å². The van der Waals surface area contributed by atoms with Gasteiger partial charge in [-0.05, 0) is 18.9 Å². The Morgan fingerprint density at radius 2 is 2.00 bits per heavy atom. The third-order valence-corrected chi connectivity index (χ3v) is 2.61. The molecule has 0 radical (unpaired) electrons. The molecule has 2 nitrogen and oxygen atoms in total. The number of esters is 1. The van der Waals surface area contributed by atoms with E-state index in [4.69, 9.17) is 4.74 Å². The van der Waals surface area contributed by atoms with E-state index in [9.17, 15) is 9.18 Å². The van der Waals surface area contributed by atoms with Crippen LogP contribution in [-0.2, 0) is 9.53 Å². The predicted molar refractivity (Wildman–Crippen MR) is 60.7 cm³/mol. The van der Waals surface area contributed by atoms with E-state index < -0.39 is 5.92 Å². The topological polar surface area (TPSA) is 26.3 Å². The quantitative estimate of drug-likeness (QED) is 0.738. The predicted octanol–water partition coefficient (Wildman–Crippen LogP) is 3.05. The van der Waals surface area contributed by atoms with E-state index in [1.807, 2.05) is 20.8 Å². The minimum atomic E-state index is -0.537. The minimum Gasteiger partial charge on any atom is -0.469 e. The Morgan fingerprint density at radius 3 is 2.50 bits per heavy atom. The molecule has 0 saturated heterocycles. The van der Waals surface area contributed by atoms with Gasteiger partial charge in [0.25, 0.3) is 0 Å². The second-order valence-electron chi connectivity index (χ2n) is 4.27. The number of hydrogen-bond acceptors (Lipinski definition) is 2. The van der Waals surface area contributed by atoms with Crippen LogP contribution in [-0.4, -0.2) is 13.1 Å². The summed E-state index contributed by atoms with van der Waals surface area (Å²) in [5, 5.41) is 0. The van der Waals surface area contributed by atoms with E-state index in [0.29, 0.717) is 5.56 Å².